The number of nitrogens with one attached hydrogen (secondary N) is 1. The van der Waals surface area contributed by atoms with Gasteiger partial charge in [-0.3, -0.25) is 9.48 Å². The van der Waals surface area contributed by atoms with Gasteiger partial charge in [0, 0.05) is 28.5 Å². The molecule has 0 radical (unpaired) electrons. The summed E-state index contributed by atoms with van der Waals surface area (Å²) >= 11 is 6.02. The number of aromatic nitrogens is 2. The second-order valence-electron chi connectivity index (χ2n) is 6.36. The van der Waals surface area contributed by atoms with Crippen molar-refractivity contribution >= 4 is 35.2 Å². The number of ether oxygens (including phenoxy) is 1. The number of esters is 1. The molecule has 29 heavy (non-hydrogen) atoms. The number of rotatable bonds is 7. The first-order valence-corrected chi connectivity index (χ1v) is 9.35. The first kappa shape index (κ1) is 20.4. The van der Waals surface area contributed by atoms with E-state index in [0.29, 0.717) is 17.3 Å². The summed E-state index contributed by atoms with van der Waals surface area (Å²) in [6.07, 6.45) is 6.34. The van der Waals surface area contributed by atoms with E-state index in [4.69, 9.17) is 16.3 Å². The van der Waals surface area contributed by atoms with Gasteiger partial charge < -0.3 is 10.1 Å². The third-order valence-electron chi connectivity index (χ3n) is 4.14. The number of hydrogen-bond acceptors (Lipinski definition) is 4. The van der Waals surface area contributed by atoms with Crippen LogP contribution in [0.15, 0.2) is 67.0 Å². The molecule has 0 saturated carbocycles. The van der Waals surface area contributed by atoms with Crippen LogP contribution in [0.2, 0.25) is 5.02 Å². The second kappa shape index (κ2) is 9.71. The molecule has 0 aliphatic rings. The van der Waals surface area contributed by atoms with E-state index in [-0.39, 0.29) is 6.61 Å². The number of nitrogens with zero attached hydrogens (tertiary/aromatic N) is 2. The van der Waals surface area contributed by atoms with Crippen LogP contribution in [0.1, 0.15) is 16.7 Å². The number of amides is 1. The fourth-order valence-corrected chi connectivity index (χ4v) is 2.78. The van der Waals surface area contributed by atoms with Crippen molar-refractivity contribution < 1.29 is 14.3 Å². The summed E-state index contributed by atoms with van der Waals surface area (Å²) in [5, 5.41) is 7.48. The summed E-state index contributed by atoms with van der Waals surface area (Å²) in [5.41, 5.74) is 3.23. The molecule has 0 aliphatic carbocycles. The molecule has 0 aliphatic heterocycles. The number of carbonyl (C=O) groups excluding carboxylic acids is 2. The summed E-state index contributed by atoms with van der Waals surface area (Å²) in [7, 11) is 0. The van der Waals surface area contributed by atoms with E-state index < -0.39 is 11.9 Å². The summed E-state index contributed by atoms with van der Waals surface area (Å²) < 4.78 is 6.75. The Balaban J connectivity index is 1.47. The Bertz CT molecular complexity index is 1030. The van der Waals surface area contributed by atoms with E-state index in [9.17, 15) is 9.59 Å². The number of benzene rings is 2. The Morgan fingerprint density at radius 3 is 2.76 bits per heavy atom. The minimum Gasteiger partial charge on any atom is -0.452 e. The predicted octanol–water partition coefficient (Wildman–Crippen LogP) is 4.09. The zero-order chi connectivity index (χ0) is 20.6. The monoisotopic (exact) mass is 409 g/mol. The van der Waals surface area contributed by atoms with Crippen LogP contribution in [0.3, 0.4) is 0 Å². The van der Waals surface area contributed by atoms with Crippen molar-refractivity contribution in [1.29, 1.82) is 0 Å². The molecule has 1 heterocycles. The van der Waals surface area contributed by atoms with E-state index in [1.807, 2.05) is 36.5 Å². The van der Waals surface area contributed by atoms with Crippen LogP contribution in [-0.2, 0) is 20.9 Å². The Labute approximate surface area is 173 Å². The SMILES string of the molecule is Cc1c(Cl)cccc1NC(=O)COC(=O)/C=C/c1cnn(Cc2ccccc2)c1. The van der Waals surface area contributed by atoms with Crippen molar-refractivity contribution in [2.24, 2.45) is 0 Å². The smallest absolute Gasteiger partial charge is 0.331 e. The normalized spacial score (nSPS) is 10.8. The standard InChI is InChI=1S/C22H20ClN3O3/c1-16-19(23)8-5-9-20(16)25-21(27)15-29-22(28)11-10-18-12-24-26(14-18)13-17-6-3-2-4-7-17/h2-12,14H,13,15H2,1H3,(H,25,27)/b11-10+. The highest BCUT2D eigenvalue weighted by molar-refractivity contribution is 6.31. The molecule has 3 rings (SSSR count). The maximum absolute atomic E-state index is 12.0. The zero-order valence-electron chi connectivity index (χ0n) is 15.8. The van der Waals surface area contributed by atoms with Crippen molar-refractivity contribution in [2.45, 2.75) is 13.5 Å². The molecular weight excluding hydrogens is 390 g/mol. The molecule has 1 aromatic heterocycles. The molecule has 0 spiro atoms. The van der Waals surface area contributed by atoms with Gasteiger partial charge in [0.05, 0.1) is 12.7 Å². The minimum absolute atomic E-state index is 0.387. The second-order valence-corrected chi connectivity index (χ2v) is 6.77. The van der Waals surface area contributed by atoms with Crippen LogP contribution in [0.5, 0.6) is 0 Å². The molecule has 1 amide bonds. The fraction of sp³-hybridized carbons (Fsp3) is 0.136. The highest BCUT2D eigenvalue weighted by Crippen LogP contribution is 2.22. The van der Waals surface area contributed by atoms with E-state index in [1.165, 1.54) is 6.08 Å². The number of carbonyl (C=O) groups is 2. The lowest BCUT2D eigenvalue weighted by Crippen LogP contribution is -2.20. The number of anilines is 1. The number of halogens is 1. The molecule has 0 atom stereocenters. The van der Waals surface area contributed by atoms with Crippen molar-refractivity contribution in [3.05, 3.63) is 88.7 Å². The van der Waals surface area contributed by atoms with E-state index >= 15 is 0 Å². The quantitative estimate of drug-likeness (QED) is 0.471. The molecule has 0 saturated heterocycles. The molecule has 0 unspecified atom stereocenters. The van der Waals surface area contributed by atoms with Gasteiger partial charge >= 0.3 is 5.97 Å². The summed E-state index contributed by atoms with van der Waals surface area (Å²) in [4.78, 5) is 23.8. The highest BCUT2D eigenvalue weighted by atomic mass is 35.5. The Hall–Kier alpha value is -3.38. The summed E-state index contributed by atoms with van der Waals surface area (Å²) in [6, 6.07) is 15.1. The molecule has 3 aromatic rings. The van der Waals surface area contributed by atoms with Crippen LogP contribution in [-0.4, -0.2) is 28.3 Å². The van der Waals surface area contributed by atoms with E-state index in [2.05, 4.69) is 10.4 Å². The van der Waals surface area contributed by atoms with Gasteiger partial charge in [0.1, 0.15) is 0 Å². The first-order chi connectivity index (χ1) is 14.0. The van der Waals surface area contributed by atoms with Crippen LogP contribution in [0.25, 0.3) is 6.08 Å². The van der Waals surface area contributed by atoms with Gasteiger partial charge in [0.2, 0.25) is 0 Å². The summed E-state index contributed by atoms with van der Waals surface area (Å²) in [6.45, 7) is 2.05. The van der Waals surface area contributed by atoms with Crippen LogP contribution in [0.4, 0.5) is 5.69 Å². The zero-order valence-corrected chi connectivity index (χ0v) is 16.6. The van der Waals surface area contributed by atoms with Gasteiger partial charge in [0.25, 0.3) is 5.91 Å². The van der Waals surface area contributed by atoms with Gasteiger partial charge in [-0.1, -0.05) is 48.0 Å². The number of hydrogen-bond donors (Lipinski definition) is 1. The topological polar surface area (TPSA) is 73.2 Å². The van der Waals surface area contributed by atoms with Gasteiger partial charge in [0.15, 0.2) is 6.61 Å². The molecule has 7 heteroatoms. The van der Waals surface area contributed by atoms with Crippen molar-refractivity contribution in [1.82, 2.24) is 9.78 Å². The van der Waals surface area contributed by atoms with Gasteiger partial charge in [-0.15, -0.1) is 0 Å². The van der Waals surface area contributed by atoms with Crippen LogP contribution >= 0.6 is 11.6 Å². The largest absolute Gasteiger partial charge is 0.452 e. The summed E-state index contributed by atoms with van der Waals surface area (Å²) in [5.74, 6) is -1.05. The van der Waals surface area contributed by atoms with Gasteiger partial charge in [-0.25, -0.2) is 4.79 Å². The average Bonchev–Trinajstić information content (AvgIpc) is 3.16. The minimum atomic E-state index is -0.612. The molecule has 0 fully saturated rings. The van der Waals surface area contributed by atoms with E-state index in [1.54, 1.807) is 42.1 Å². The molecule has 0 bridgehead atoms. The van der Waals surface area contributed by atoms with Crippen molar-refractivity contribution in [3.8, 4) is 0 Å². The third-order valence-corrected chi connectivity index (χ3v) is 4.55. The highest BCUT2D eigenvalue weighted by Gasteiger charge is 2.09. The Morgan fingerprint density at radius 2 is 1.97 bits per heavy atom. The van der Waals surface area contributed by atoms with E-state index in [0.717, 1.165) is 16.7 Å². The Kier molecular flexibility index (Phi) is 6.81. The van der Waals surface area contributed by atoms with Crippen molar-refractivity contribution in [2.75, 3.05) is 11.9 Å². The van der Waals surface area contributed by atoms with Crippen LogP contribution in [0, 0.1) is 6.92 Å². The molecule has 6 nitrogen and oxygen atoms in total. The van der Waals surface area contributed by atoms with Crippen LogP contribution < -0.4 is 5.32 Å². The fourth-order valence-electron chi connectivity index (χ4n) is 2.60. The molecule has 1 N–H and O–H groups in total. The molecule has 2 aromatic carbocycles. The molecular formula is C22H20ClN3O3. The van der Waals surface area contributed by atoms with Gasteiger partial charge in [-0.2, -0.15) is 5.10 Å². The Morgan fingerprint density at radius 1 is 1.17 bits per heavy atom. The first-order valence-electron chi connectivity index (χ1n) is 8.97. The maximum Gasteiger partial charge on any atom is 0.331 e. The average molecular weight is 410 g/mol. The predicted molar refractivity (Wildman–Crippen MR) is 113 cm³/mol. The lowest BCUT2D eigenvalue weighted by molar-refractivity contribution is -0.142. The van der Waals surface area contributed by atoms with Gasteiger partial charge in [-0.05, 0) is 36.3 Å². The van der Waals surface area contributed by atoms with Crippen molar-refractivity contribution in [3.63, 3.8) is 0 Å². The third kappa shape index (κ3) is 6.05. The maximum atomic E-state index is 12.0. The molecule has 148 valence electrons. The lowest BCUT2D eigenvalue weighted by atomic mass is 10.2. The lowest BCUT2D eigenvalue weighted by Gasteiger charge is -2.09.